The van der Waals surface area contributed by atoms with Crippen molar-refractivity contribution >= 4 is 12.1 Å². The van der Waals surface area contributed by atoms with Crippen LogP contribution in [0.15, 0.2) is 72.0 Å². The number of carbonyl (C=O) groups excluding carboxylic acids is 1. The van der Waals surface area contributed by atoms with Crippen molar-refractivity contribution in [2.24, 2.45) is 5.10 Å². The monoisotopic (exact) mass is 304 g/mol. The van der Waals surface area contributed by atoms with Gasteiger partial charge in [0.25, 0.3) is 5.91 Å². The largest absolute Gasteiger partial charge is 0.313 e. The Morgan fingerprint density at radius 2 is 1.87 bits per heavy atom. The second-order valence-electron chi connectivity index (χ2n) is 4.98. The molecule has 3 aromatic rings. The molecular weight excluding hydrogens is 288 g/mol. The predicted molar refractivity (Wildman–Crippen MR) is 89.8 cm³/mol. The van der Waals surface area contributed by atoms with Gasteiger partial charge in [-0.25, -0.2) is 5.43 Å². The van der Waals surface area contributed by atoms with Gasteiger partial charge in [-0.3, -0.25) is 9.78 Å². The zero-order chi connectivity index (χ0) is 16.1. The number of aryl methyl sites for hydroxylation is 1. The van der Waals surface area contributed by atoms with Gasteiger partial charge >= 0.3 is 0 Å². The molecule has 1 aromatic carbocycles. The van der Waals surface area contributed by atoms with E-state index in [4.69, 9.17) is 0 Å². The van der Waals surface area contributed by atoms with Gasteiger partial charge in [0.2, 0.25) is 0 Å². The summed E-state index contributed by atoms with van der Waals surface area (Å²) in [4.78, 5) is 15.9. The van der Waals surface area contributed by atoms with Crippen molar-refractivity contribution in [2.75, 3.05) is 0 Å². The van der Waals surface area contributed by atoms with Gasteiger partial charge in [-0.15, -0.1) is 0 Å². The van der Waals surface area contributed by atoms with Crippen LogP contribution in [0.5, 0.6) is 0 Å². The Balaban J connectivity index is 1.78. The van der Waals surface area contributed by atoms with Crippen molar-refractivity contribution in [3.63, 3.8) is 0 Å². The molecule has 0 atom stereocenters. The fourth-order valence-corrected chi connectivity index (χ4v) is 2.30. The third kappa shape index (κ3) is 3.35. The SMILES string of the molecule is Cc1ccc(/C=N/NC(=O)c2ccccn2)n1-c1ccccc1. The number of aromatic nitrogens is 2. The van der Waals surface area contributed by atoms with Crippen LogP contribution in [0, 0.1) is 6.92 Å². The topological polar surface area (TPSA) is 59.3 Å². The van der Waals surface area contributed by atoms with Gasteiger partial charge in [0.15, 0.2) is 0 Å². The van der Waals surface area contributed by atoms with Crippen LogP contribution in [0.1, 0.15) is 21.9 Å². The maximum Gasteiger partial charge on any atom is 0.289 e. The molecule has 0 aliphatic heterocycles. The second kappa shape index (κ2) is 6.70. The zero-order valence-electron chi connectivity index (χ0n) is 12.7. The predicted octanol–water partition coefficient (Wildman–Crippen LogP) is 2.94. The van der Waals surface area contributed by atoms with Gasteiger partial charge in [-0.05, 0) is 43.3 Å². The number of nitrogens with one attached hydrogen (secondary N) is 1. The number of rotatable bonds is 4. The lowest BCUT2D eigenvalue weighted by Crippen LogP contribution is -2.19. The van der Waals surface area contributed by atoms with Crippen LogP contribution < -0.4 is 5.43 Å². The van der Waals surface area contributed by atoms with Crippen molar-refractivity contribution in [2.45, 2.75) is 6.92 Å². The molecule has 114 valence electrons. The first-order chi connectivity index (χ1) is 11.3. The second-order valence-corrected chi connectivity index (χ2v) is 4.98. The highest BCUT2D eigenvalue weighted by atomic mass is 16.2. The van der Waals surface area contributed by atoms with E-state index in [9.17, 15) is 4.79 Å². The molecule has 0 aliphatic carbocycles. The summed E-state index contributed by atoms with van der Waals surface area (Å²) in [7, 11) is 0. The average Bonchev–Trinajstić information content (AvgIpc) is 2.97. The van der Waals surface area contributed by atoms with Crippen LogP contribution >= 0.6 is 0 Å². The summed E-state index contributed by atoms with van der Waals surface area (Å²) < 4.78 is 2.07. The summed E-state index contributed by atoms with van der Waals surface area (Å²) in [6.07, 6.45) is 3.20. The number of benzene rings is 1. The first kappa shape index (κ1) is 14.7. The summed E-state index contributed by atoms with van der Waals surface area (Å²) in [5, 5.41) is 4.03. The highest BCUT2D eigenvalue weighted by Crippen LogP contribution is 2.15. The van der Waals surface area contributed by atoms with E-state index in [1.54, 1.807) is 30.6 Å². The van der Waals surface area contributed by atoms with E-state index in [-0.39, 0.29) is 5.91 Å². The molecule has 0 spiro atoms. The normalized spacial score (nSPS) is 10.8. The van der Waals surface area contributed by atoms with E-state index in [2.05, 4.69) is 20.1 Å². The van der Waals surface area contributed by atoms with Crippen molar-refractivity contribution < 1.29 is 4.79 Å². The van der Waals surface area contributed by atoms with E-state index >= 15 is 0 Å². The molecule has 1 N–H and O–H groups in total. The van der Waals surface area contributed by atoms with Gasteiger partial charge in [0, 0.05) is 17.6 Å². The Morgan fingerprint density at radius 1 is 1.09 bits per heavy atom. The molecule has 2 heterocycles. The molecule has 5 nitrogen and oxygen atoms in total. The van der Waals surface area contributed by atoms with Crippen molar-refractivity contribution in [3.05, 3.63) is 83.9 Å². The van der Waals surface area contributed by atoms with E-state index in [0.29, 0.717) is 5.69 Å². The lowest BCUT2D eigenvalue weighted by atomic mass is 10.3. The van der Waals surface area contributed by atoms with E-state index in [1.807, 2.05) is 49.4 Å². The number of hydrazone groups is 1. The summed E-state index contributed by atoms with van der Waals surface area (Å²) in [5.41, 5.74) is 5.85. The van der Waals surface area contributed by atoms with Gasteiger partial charge in [0.1, 0.15) is 5.69 Å². The molecule has 0 bridgehead atoms. The molecule has 0 aliphatic rings. The summed E-state index contributed by atoms with van der Waals surface area (Å²) in [5.74, 6) is -0.337. The third-order valence-corrected chi connectivity index (χ3v) is 3.38. The molecule has 0 unspecified atom stereocenters. The summed E-state index contributed by atoms with van der Waals surface area (Å²) in [6, 6.07) is 19.1. The van der Waals surface area contributed by atoms with Crippen molar-refractivity contribution in [3.8, 4) is 5.69 Å². The van der Waals surface area contributed by atoms with E-state index < -0.39 is 0 Å². The Bertz CT molecular complexity index is 823. The van der Waals surface area contributed by atoms with Gasteiger partial charge in [0.05, 0.1) is 11.9 Å². The minimum atomic E-state index is -0.337. The summed E-state index contributed by atoms with van der Waals surface area (Å²) >= 11 is 0. The van der Waals surface area contributed by atoms with Crippen LogP contribution in [0.25, 0.3) is 5.69 Å². The smallest absolute Gasteiger partial charge is 0.289 e. The van der Waals surface area contributed by atoms with Crippen molar-refractivity contribution in [1.29, 1.82) is 0 Å². The Hall–Kier alpha value is -3.21. The highest BCUT2D eigenvalue weighted by molar-refractivity contribution is 5.92. The van der Waals surface area contributed by atoms with E-state index in [0.717, 1.165) is 17.1 Å². The maximum absolute atomic E-state index is 11.9. The summed E-state index contributed by atoms with van der Waals surface area (Å²) in [6.45, 7) is 2.02. The van der Waals surface area contributed by atoms with Gasteiger partial charge < -0.3 is 4.57 Å². The lowest BCUT2D eigenvalue weighted by Gasteiger charge is -2.08. The number of para-hydroxylation sites is 1. The molecule has 23 heavy (non-hydrogen) atoms. The van der Waals surface area contributed by atoms with Crippen molar-refractivity contribution in [1.82, 2.24) is 15.0 Å². The van der Waals surface area contributed by atoms with Gasteiger partial charge in [-0.2, -0.15) is 5.10 Å². The molecule has 2 aromatic heterocycles. The quantitative estimate of drug-likeness (QED) is 0.595. The first-order valence-electron chi connectivity index (χ1n) is 7.24. The van der Waals surface area contributed by atoms with E-state index in [1.165, 1.54) is 0 Å². The molecule has 5 heteroatoms. The molecule has 0 fully saturated rings. The number of amides is 1. The third-order valence-electron chi connectivity index (χ3n) is 3.38. The maximum atomic E-state index is 11.9. The molecule has 1 amide bonds. The van der Waals surface area contributed by atoms with Crippen LogP contribution in [-0.2, 0) is 0 Å². The fraction of sp³-hybridized carbons (Fsp3) is 0.0556. The Kier molecular flexibility index (Phi) is 4.29. The fourth-order valence-electron chi connectivity index (χ4n) is 2.30. The molecule has 0 saturated heterocycles. The van der Waals surface area contributed by atoms with Gasteiger partial charge in [-0.1, -0.05) is 24.3 Å². The number of nitrogens with zero attached hydrogens (tertiary/aromatic N) is 3. The van der Waals surface area contributed by atoms with Crippen LogP contribution in [-0.4, -0.2) is 21.7 Å². The zero-order valence-corrected chi connectivity index (χ0v) is 12.7. The molecule has 0 radical (unpaired) electrons. The highest BCUT2D eigenvalue weighted by Gasteiger charge is 2.06. The van der Waals surface area contributed by atoms with Crippen LogP contribution in [0.3, 0.4) is 0 Å². The Morgan fingerprint density at radius 3 is 2.61 bits per heavy atom. The molecule has 0 saturated carbocycles. The number of hydrogen-bond donors (Lipinski definition) is 1. The number of hydrogen-bond acceptors (Lipinski definition) is 3. The standard InChI is InChI=1S/C18H16N4O/c1-14-10-11-16(22(14)15-7-3-2-4-8-15)13-20-21-18(23)17-9-5-6-12-19-17/h2-13H,1H3,(H,21,23)/b20-13+. The number of pyridine rings is 1. The number of carbonyl (C=O) groups is 1. The minimum absolute atomic E-state index is 0.333. The molecular formula is C18H16N4O. The minimum Gasteiger partial charge on any atom is -0.313 e. The van der Waals surface area contributed by atoms with Crippen LogP contribution in [0.4, 0.5) is 0 Å². The first-order valence-corrected chi connectivity index (χ1v) is 7.24. The van der Waals surface area contributed by atoms with Crippen LogP contribution in [0.2, 0.25) is 0 Å². The molecule has 3 rings (SSSR count). The Labute approximate surface area is 134 Å². The lowest BCUT2D eigenvalue weighted by molar-refractivity contribution is 0.0950. The average molecular weight is 304 g/mol.